The lowest BCUT2D eigenvalue weighted by Gasteiger charge is -2.14. The first-order chi connectivity index (χ1) is 13.0. The number of esters is 1. The van der Waals surface area contributed by atoms with E-state index in [4.69, 9.17) is 10.00 Å². The number of benzene rings is 1. The van der Waals surface area contributed by atoms with Crippen LogP contribution in [0.15, 0.2) is 62.7 Å². The number of unbranched alkanes of at least 4 members (excludes halogenated alkanes) is 2. The zero-order valence-corrected chi connectivity index (χ0v) is 16.8. The molecule has 1 aromatic carbocycles. The Hall–Kier alpha value is -2.86. The molecule has 0 aliphatic heterocycles. The minimum absolute atomic E-state index is 0.0806. The van der Waals surface area contributed by atoms with E-state index >= 15 is 0 Å². The van der Waals surface area contributed by atoms with Gasteiger partial charge in [-0.3, -0.25) is 0 Å². The van der Waals surface area contributed by atoms with Crippen LogP contribution in [0.1, 0.15) is 57.1 Å². The lowest BCUT2D eigenvalue weighted by Crippen LogP contribution is -2.15. The molecule has 1 atom stereocenters. The third-order valence-electron chi connectivity index (χ3n) is 3.56. The van der Waals surface area contributed by atoms with Crippen LogP contribution in [0.4, 0.5) is 0 Å². The van der Waals surface area contributed by atoms with Gasteiger partial charge in [0.05, 0.1) is 6.07 Å². The van der Waals surface area contributed by atoms with Gasteiger partial charge in [0.1, 0.15) is 6.10 Å². The van der Waals surface area contributed by atoms with Crippen LogP contribution in [0.3, 0.4) is 0 Å². The molecule has 0 saturated heterocycles. The van der Waals surface area contributed by atoms with Gasteiger partial charge in [-0.25, -0.2) is 4.79 Å². The van der Waals surface area contributed by atoms with Gasteiger partial charge in [0.15, 0.2) is 0 Å². The molecule has 0 aromatic heterocycles. The molecule has 0 saturated carbocycles. The molecular formula is C24H33NO2. The monoisotopic (exact) mass is 367 g/mol. The number of hydrogen-bond donors (Lipinski definition) is 0. The Morgan fingerprint density at radius 2 is 1.63 bits per heavy atom. The van der Waals surface area contributed by atoms with Crippen molar-refractivity contribution in [1.29, 1.82) is 5.26 Å². The molecule has 1 rings (SSSR count). The summed E-state index contributed by atoms with van der Waals surface area (Å²) in [5, 5.41) is 7.51. The predicted molar refractivity (Wildman–Crippen MR) is 117 cm³/mol. The highest BCUT2D eigenvalue weighted by atomic mass is 16.5. The smallest absolute Gasteiger partial charge is 0.330 e. The standard InChI is InChI=1S/C11H20O2.C10H10.C3H3N/c1-4-7-8-9-10(5-2)13-11(12)6-3;1-3-9-7-5-6-8-10(9)4-2;1-2-3-4/h6,10H,3-5,7-9H2,1-2H3;3-8H,1-2H2;2H,1H2. The summed E-state index contributed by atoms with van der Waals surface area (Å²) in [6.45, 7) is 18.1. The summed E-state index contributed by atoms with van der Waals surface area (Å²) in [4.78, 5) is 10.9. The Bertz CT molecular complexity index is 584. The molecule has 146 valence electrons. The summed E-state index contributed by atoms with van der Waals surface area (Å²) in [6, 6.07) is 9.71. The zero-order chi connectivity index (χ0) is 20.9. The number of rotatable bonds is 9. The van der Waals surface area contributed by atoms with Crippen LogP contribution in [-0.2, 0) is 9.53 Å². The molecule has 1 aromatic rings. The van der Waals surface area contributed by atoms with Gasteiger partial charge in [0.25, 0.3) is 0 Å². The number of ether oxygens (including phenoxy) is 1. The van der Waals surface area contributed by atoms with E-state index in [1.54, 1.807) is 6.07 Å². The maximum Gasteiger partial charge on any atom is 0.330 e. The average molecular weight is 368 g/mol. The van der Waals surface area contributed by atoms with Crippen LogP contribution in [0.5, 0.6) is 0 Å². The fourth-order valence-electron chi connectivity index (χ4n) is 2.06. The van der Waals surface area contributed by atoms with Gasteiger partial charge in [0.2, 0.25) is 0 Å². The van der Waals surface area contributed by atoms with Crippen LogP contribution in [0.25, 0.3) is 12.2 Å². The van der Waals surface area contributed by atoms with Gasteiger partial charge < -0.3 is 4.74 Å². The van der Waals surface area contributed by atoms with E-state index in [0.29, 0.717) is 0 Å². The Labute approximate surface area is 165 Å². The van der Waals surface area contributed by atoms with Crippen molar-refractivity contribution >= 4 is 18.1 Å². The van der Waals surface area contributed by atoms with Crippen molar-refractivity contribution in [3.63, 3.8) is 0 Å². The van der Waals surface area contributed by atoms with E-state index in [1.807, 2.05) is 43.3 Å². The maximum absolute atomic E-state index is 10.9. The van der Waals surface area contributed by atoms with Gasteiger partial charge in [-0.05, 0) is 30.4 Å². The third-order valence-corrected chi connectivity index (χ3v) is 3.56. The molecule has 3 heteroatoms. The van der Waals surface area contributed by atoms with Crippen LogP contribution >= 0.6 is 0 Å². The number of nitrogens with zero attached hydrogens (tertiary/aromatic N) is 1. The average Bonchev–Trinajstić information content (AvgIpc) is 2.73. The Morgan fingerprint density at radius 3 is 1.96 bits per heavy atom. The number of hydrogen-bond acceptors (Lipinski definition) is 3. The fraction of sp³-hybridized carbons (Fsp3) is 0.333. The lowest BCUT2D eigenvalue weighted by molar-refractivity contribution is -0.143. The predicted octanol–water partition coefficient (Wildman–Crippen LogP) is 6.74. The summed E-state index contributed by atoms with van der Waals surface area (Å²) in [5.41, 5.74) is 2.27. The highest BCUT2D eigenvalue weighted by Gasteiger charge is 2.08. The minimum atomic E-state index is -0.302. The van der Waals surface area contributed by atoms with Gasteiger partial charge >= 0.3 is 5.97 Å². The summed E-state index contributed by atoms with van der Waals surface area (Å²) in [7, 11) is 0. The number of carbonyl (C=O) groups excluding carboxylic acids is 1. The molecule has 0 spiro atoms. The highest BCUT2D eigenvalue weighted by Crippen LogP contribution is 2.11. The SMILES string of the molecule is C=CC#N.C=CC(=O)OC(CC)CCCCC.C=Cc1ccccc1C=C. The molecule has 3 nitrogen and oxygen atoms in total. The number of allylic oxidation sites excluding steroid dienone is 1. The van der Waals surface area contributed by atoms with Crippen LogP contribution in [0, 0.1) is 11.3 Å². The molecule has 1 unspecified atom stereocenters. The second kappa shape index (κ2) is 19.5. The molecule has 0 aliphatic carbocycles. The van der Waals surface area contributed by atoms with E-state index in [1.165, 1.54) is 25.0 Å². The van der Waals surface area contributed by atoms with Crippen molar-refractivity contribution in [2.75, 3.05) is 0 Å². The normalized spacial score (nSPS) is 9.67. The number of nitriles is 1. The van der Waals surface area contributed by atoms with E-state index in [-0.39, 0.29) is 12.1 Å². The first-order valence-electron chi connectivity index (χ1n) is 9.21. The lowest BCUT2D eigenvalue weighted by atomic mass is 10.1. The molecular weight excluding hydrogens is 334 g/mol. The third kappa shape index (κ3) is 15.1. The topological polar surface area (TPSA) is 50.1 Å². The van der Waals surface area contributed by atoms with Crippen molar-refractivity contribution in [3.8, 4) is 6.07 Å². The van der Waals surface area contributed by atoms with Crippen molar-refractivity contribution < 1.29 is 9.53 Å². The molecule has 0 aliphatic rings. The van der Waals surface area contributed by atoms with E-state index in [2.05, 4.69) is 33.2 Å². The summed E-state index contributed by atoms with van der Waals surface area (Å²) < 4.78 is 5.14. The van der Waals surface area contributed by atoms with Gasteiger partial charge in [-0.15, -0.1) is 0 Å². The molecule has 0 radical (unpaired) electrons. The van der Waals surface area contributed by atoms with E-state index in [9.17, 15) is 4.79 Å². The van der Waals surface area contributed by atoms with Crippen LogP contribution in [0.2, 0.25) is 0 Å². The zero-order valence-electron chi connectivity index (χ0n) is 16.8. The van der Waals surface area contributed by atoms with Crippen molar-refractivity contribution in [2.24, 2.45) is 0 Å². The van der Waals surface area contributed by atoms with Crippen LogP contribution in [-0.4, -0.2) is 12.1 Å². The quantitative estimate of drug-likeness (QED) is 0.210. The van der Waals surface area contributed by atoms with Crippen molar-refractivity contribution in [3.05, 3.63) is 73.9 Å². The maximum atomic E-state index is 10.9. The van der Waals surface area contributed by atoms with Crippen molar-refractivity contribution in [1.82, 2.24) is 0 Å². The van der Waals surface area contributed by atoms with Gasteiger partial charge in [-0.1, -0.05) is 89.4 Å². The second-order valence-corrected chi connectivity index (χ2v) is 5.54. The van der Waals surface area contributed by atoms with Gasteiger partial charge in [0, 0.05) is 12.2 Å². The van der Waals surface area contributed by atoms with Crippen LogP contribution < -0.4 is 0 Å². The van der Waals surface area contributed by atoms with E-state index < -0.39 is 0 Å². The highest BCUT2D eigenvalue weighted by molar-refractivity contribution is 5.81. The molecule has 0 fully saturated rings. The summed E-state index contributed by atoms with van der Waals surface area (Å²) in [5.74, 6) is -0.302. The Morgan fingerprint density at radius 1 is 1.11 bits per heavy atom. The molecule has 0 N–H and O–H groups in total. The molecule has 0 heterocycles. The Kier molecular flexibility index (Phi) is 19.0. The first-order valence-corrected chi connectivity index (χ1v) is 9.21. The fourth-order valence-corrected chi connectivity index (χ4v) is 2.06. The number of carbonyl (C=O) groups is 1. The van der Waals surface area contributed by atoms with Gasteiger partial charge in [-0.2, -0.15) is 5.26 Å². The molecule has 27 heavy (non-hydrogen) atoms. The molecule has 0 bridgehead atoms. The summed E-state index contributed by atoms with van der Waals surface area (Å²) in [6.07, 6.45) is 11.6. The molecule has 0 amide bonds. The Balaban J connectivity index is 0. The largest absolute Gasteiger partial charge is 0.459 e. The minimum Gasteiger partial charge on any atom is -0.459 e. The first kappa shape index (κ1) is 26.4. The van der Waals surface area contributed by atoms with E-state index in [0.717, 1.165) is 30.4 Å². The second-order valence-electron chi connectivity index (χ2n) is 5.54. The summed E-state index contributed by atoms with van der Waals surface area (Å²) >= 11 is 0. The van der Waals surface area contributed by atoms with Crippen molar-refractivity contribution in [2.45, 2.75) is 52.1 Å².